The van der Waals surface area contributed by atoms with E-state index >= 15 is 0 Å². The average molecular weight is 488 g/mol. The van der Waals surface area contributed by atoms with Gasteiger partial charge in [0.25, 0.3) is 0 Å². The molecule has 2 saturated heterocycles. The summed E-state index contributed by atoms with van der Waals surface area (Å²) >= 11 is 12.2. The molecule has 2 fully saturated rings. The summed E-state index contributed by atoms with van der Waals surface area (Å²) in [6, 6.07) is 6.87. The number of anilines is 3. The van der Waals surface area contributed by atoms with E-state index < -0.39 is 5.82 Å². The first-order valence-electron chi connectivity index (χ1n) is 11.1. The molecule has 1 atom stereocenters. The molecule has 2 aliphatic rings. The number of nitrogens with zero attached hydrogens (tertiary/aromatic N) is 7. The van der Waals surface area contributed by atoms with Gasteiger partial charge in [0.05, 0.1) is 10.7 Å². The standard InChI is InChI=1S/C23H24Cl2FN7/c1-15-14-32(22-21(25)27-6-7-28-22)10-11-33(15)20-13-19(16-4-5-17(24)18(26)12-16)29-23(30-20)31-8-2-3-9-31/h4-7,12-13,15H,2-3,8-11,14H2,1H3/t15-/m0/s1. The molecule has 2 aromatic heterocycles. The van der Waals surface area contributed by atoms with Crippen molar-refractivity contribution < 1.29 is 4.39 Å². The third kappa shape index (κ3) is 4.54. The summed E-state index contributed by atoms with van der Waals surface area (Å²) in [5.41, 5.74) is 1.36. The van der Waals surface area contributed by atoms with Crippen molar-refractivity contribution in [1.29, 1.82) is 0 Å². The minimum Gasteiger partial charge on any atom is -0.350 e. The Bertz CT molecular complexity index is 1160. The fourth-order valence-corrected chi connectivity index (χ4v) is 4.79. The fourth-order valence-electron chi connectivity index (χ4n) is 4.45. The van der Waals surface area contributed by atoms with Crippen molar-refractivity contribution in [3.05, 3.63) is 52.7 Å². The van der Waals surface area contributed by atoms with Crippen LogP contribution in [0.15, 0.2) is 36.7 Å². The Kier molecular flexibility index (Phi) is 6.21. The Hall–Kier alpha value is -2.71. The van der Waals surface area contributed by atoms with Gasteiger partial charge in [0.15, 0.2) is 11.0 Å². The molecular weight excluding hydrogens is 464 g/mol. The lowest BCUT2D eigenvalue weighted by Crippen LogP contribution is -2.52. The summed E-state index contributed by atoms with van der Waals surface area (Å²) in [5.74, 6) is 1.75. The largest absolute Gasteiger partial charge is 0.350 e. The van der Waals surface area contributed by atoms with Gasteiger partial charge >= 0.3 is 0 Å². The van der Waals surface area contributed by atoms with Crippen molar-refractivity contribution in [1.82, 2.24) is 19.9 Å². The number of benzene rings is 1. The summed E-state index contributed by atoms with van der Waals surface area (Å²) < 4.78 is 14.2. The first-order chi connectivity index (χ1) is 16.0. The second kappa shape index (κ2) is 9.27. The summed E-state index contributed by atoms with van der Waals surface area (Å²) in [6.45, 7) is 6.19. The normalized spacial score (nSPS) is 18.8. The van der Waals surface area contributed by atoms with E-state index in [4.69, 9.17) is 33.2 Å². The highest BCUT2D eigenvalue weighted by atomic mass is 35.5. The number of halogens is 3. The Morgan fingerprint density at radius 2 is 1.73 bits per heavy atom. The highest BCUT2D eigenvalue weighted by molar-refractivity contribution is 6.31. The molecule has 0 saturated carbocycles. The molecule has 5 rings (SSSR count). The first kappa shape index (κ1) is 22.1. The van der Waals surface area contributed by atoms with Crippen LogP contribution in [0, 0.1) is 5.82 Å². The molecule has 4 heterocycles. The molecule has 172 valence electrons. The maximum absolute atomic E-state index is 14.2. The molecule has 1 aromatic carbocycles. The predicted octanol–water partition coefficient (Wildman–Crippen LogP) is 4.69. The molecule has 0 unspecified atom stereocenters. The van der Waals surface area contributed by atoms with Gasteiger partial charge in [-0.05, 0) is 31.9 Å². The van der Waals surface area contributed by atoms with Crippen molar-refractivity contribution in [2.75, 3.05) is 47.4 Å². The topological polar surface area (TPSA) is 61.3 Å². The number of hydrogen-bond acceptors (Lipinski definition) is 7. The van der Waals surface area contributed by atoms with Gasteiger partial charge in [-0.15, -0.1) is 0 Å². The van der Waals surface area contributed by atoms with Crippen molar-refractivity contribution in [2.45, 2.75) is 25.8 Å². The molecule has 7 nitrogen and oxygen atoms in total. The lowest BCUT2D eigenvalue weighted by atomic mass is 10.1. The van der Waals surface area contributed by atoms with Crippen LogP contribution in [0.4, 0.5) is 22.0 Å². The highest BCUT2D eigenvalue weighted by Gasteiger charge is 2.28. The zero-order chi connectivity index (χ0) is 22.9. The Labute approximate surface area is 202 Å². The number of aromatic nitrogens is 4. The Morgan fingerprint density at radius 1 is 0.939 bits per heavy atom. The van der Waals surface area contributed by atoms with Gasteiger partial charge in [0.1, 0.15) is 11.6 Å². The van der Waals surface area contributed by atoms with Crippen molar-refractivity contribution >= 4 is 40.8 Å². The van der Waals surface area contributed by atoms with E-state index in [1.165, 1.54) is 6.07 Å². The first-order valence-corrected chi connectivity index (χ1v) is 11.8. The summed E-state index contributed by atoms with van der Waals surface area (Å²) in [5, 5.41) is 0.503. The zero-order valence-electron chi connectivity index (χ0n) is 18.3. The minimum absolute atomic E-state index is 0.0974. The van der Waals surface area contributed by atoms with E-state index in [9.17, 15) is 4.39 Å². The Balaban J connectivity index is 1.47. The maximum atomic E-state index is 14.2. The number of piperazine rings is 1. The van der Waals surface area contributed by atoms with Gasteiger partial charge in [-0.25, -0.2) is 19.3 Å². The van der Waals surface area contributed by atoms with Crippen molar-refractivity contribution in [2.24, 2.45) is 0 Å². The molecule has 0 N–H and O–H groups in total. The van der Waals surface area contributed by atoms with Crippen LogP contribution in [0.25, 0.3) is 11.3 Å². The minimum atomic E-state index is -0.458. The van der Waals surface area contributed by atoms with E-state index in [2.05, 4.69) is 31.6 Å². The van der Waals surface area contributed by atoms with Crippen LogP contribution >= 0.6 is 23.2 Å². The number of rotatable bonds is 4. The van der Waals surface area contributed by atoms with Gasteiger partial charge in [-0.2, -0.15) is 4.98 Å². The fraction of sp³-hybridized carbons (Fsp3) is 0.391. The van der Waals surface area contributed by atoms with Crippen LogP contribution in [0.2, 0.25) is 10.2 Å². The molecule has 0 radical (unpaired) electrons. The third-order valence-electron chi connectivity index (χ3n) is 6.16. The molecule has 0 aliphatic carbocycles. The van der Waals surface area contributed by atoms with E-state index in [0.717, 1.165) is 51.4 Å². The summed E-state index contributed by atoms with van der Waals surface area (Å²) in [4.78, 5) is 24.9. The smallest absolute Gasteiger partial charge is 0.227 e. The quantitative estimate of drug-likeness (QED) is 0.528. The Morgan fingerprint density at radius 3 is 2.45 bits per heavy atom. The van der Waals surface area contributed by atoms with Crippen LogP contribution < -0.4 is 14.7 Å². The van der Waals surface area contributed by atoms with E-state index in [-0.39, 0.29) is 11.1 Å². The monoisotopic (exact) mass is 487 g/mol. The second-order valence-electron chi connectivity index (χ2n) is 8.39. The lowest BCUT2D eigenvalue weighted by molar-refractivity contribution is 0.542. The molecule has 33 heavy (non-hydrogen) atoms. The van der Waals surface area contributed by atoms with Gasteiger partial charge < -0.3 is 14.7 Å². The molecule has 0 bridgehead atoms. The second-order valence-corrected chi connectivity index (χ2v) is 9.16. The third-order valence-corrected chi connectivity index (χ3v) is 6.74. The van der Waals surface area contributed by atoms with Crippen LogP contribution in [-0.4, -0.2) is 58.7 Å². The van der Waals surface area contributed by atoms with Gasteiger partial charge in [0, 0.05) is 62.8 Å². The van der Waals surface area contributed by atoms with E-state index in [1.807, 2.05) is 6.07 Å². The molecule has 0 spiro atoms. The SMILES string of the molecule is C[C@H]1CN(c2nccnc2Cl)CCN1c1cc(-c2ccc(Cl)c(F)c2)nc(N2CCCC2)n1. The van der Waals surface area contributed by atoms with Crippen LogP contribution in [0.5, 0.6) is 0 Å². The van der Waals surface area contributed by atoms with Gasteiger partial charge in [-0.3, -0.25) is 0 Å². The predicted molar refractivity (Wildman–Crippen MR) is 130 cm³/mol. The van der Waals surface area contributed by atoms with Crippen LogP contribution in [-0.2, 0) is 0 Å². The molecular formula is C23H24Cl2FN7. The van der Waals surface area contributed by atoms with E-state index in [0.29, 0.717) is 28.2 Å². The summed E-state index contributed by atoms with van der Waals surface area (Å²) in [6.07, 6.45) is 5.48. The van der Waals surface area contributed by atoms with Crippen molar-refractivity contribution in [3.63, 3.8) is 0 Å². The van der Waals surface area contributed by atoms with Crippen molar-refractivity contribution in [3.8, 4) is 11.3 Å². The van der Waals surface area contributed by atoms with E-state index in [1.54, 1.807) is 24.5 Å². The summed E-state index contributed by atoms with van der Waals surface area (Å²) in [7, 11) is 0. The molecule has 0 amide bonds. The van der Waals surface area contributed by atoms with Gasteiger partial charge in [0.2, 0.25) is 5.95 Å². The molecule has 10 heteroatoms. The zero-order valence-corrected chi connectivity index (χ0v) is 19.8. The molecule has 3 aromatic rings. The molecule has 2 aliphatic heterocycles. The highest BCUT2D eigenvalue weighted by Crippen LogP contribution is 2.31. The lowest BCUT2D eigenvalue weighted by Gasteiger charge is -2.41. The maximum Gasteiger partial charge on any atom is 0.227 e. The average Bonchev–Trinajstić information content (AvgIpc) is 3.36. The van der Waals surface area contributed by atoms with Crippen LogP contribution in [0.3, 0.4) is 0 Å². The van der Waals surface area contributed by atoms with Crippen LogP contribution in [0.1, 0.15) is 19.8 Å². The van der Waals surface area contributed by atoms with Gasteiger partial charge in [-0.1, -0.05) is 29.3 Å². The number of hydrogen-bond donors (Lipinski definition) is 0.